The number of anilines is 2. The van der Waals surface area contributed by atoms with Crippen molar-refractivity contribution in [1.82, 2.24) is 0 Å². The fraction of sp³-hybridized carbons (Fsp3) is 0.300. The monoisotopic (exact) mass is 354 g/mol. The van der Waals surface area contributed by atoms with Gasteiger partial charge in [0.05, 0.1) is 5.75 Å². The summed E-state index contributed by atoms with van der Waals surface area (Å²) in [6, 6.07) is 15.8. The minimum Gasteiger partial charge on any atom is -0.326 e. The molecule has 1 unspecified atom stereocenters. The zero-order valence-electron chi connectivity index (χ0n) is 14.5. The molecule has 1 aliphatic heterocycles. The predicted octanol–water partition coefficient (Wildman–Crippen LogP) is 4.38. The number of nitrogens with zero attached hydrogens (tertiary/aromatic N) is 1. The summed E-state index contributed by atoms with van der Waals surface area (Å²) in [7, 11) is 0. The molecule has 0 bridgehead atoms. The van der Waals surface area contributed by atoms with Crippen LogP contribution in [-0.4, -0.2) is 17.6 Å². The van der Waals surface area contributed by atoms with Gasteiger partial charge in [0.25, 0.3) is 0 Å². The Bertz CT molecular complexity index is 791. The van der Waals surface area contributed by atoms with Gasteiger partial charge in [-0.1, -0.05) is 44.2 Å². The third kappa shape index (κ3) is 3.71. The van der Waals surface area contributed by atoms with Crippen LogP contribution in [0.4, 0.5) is 11.4 Å². The maximum Gasteiger partial charge on any atom is 0.238 e. The van der Waals surface area contributed by atoms with E-state index in [9.17, 15) is 9.59 Å². The molecule has 0 aliphatic carbocycles. The molecule has 2 aromatic carbocycles. The number of rotatable bonds is 5. The van der Waals surface area contributed by atoms with Gasteiger partial charge in [-0.05, 0) is 35.7 Å². The van der Waals surface area contributed by atoms with Crippen molar-refractivity contribution >= 4 is 35.0 Å². The van der Waals surface area contributed by atoms with E-state index in [0.29, 0.717) is 12.2 Å². The summed E-state index contributed by atoms with van der Waals surface area (Å²) in [5.41, 5.74) is 3.94. The van der Waals surface area contributed by atoms with Gasteiger partial charge in [0.2, 0.25) is 11.8 Å². The number of hydrogen-bond acceptors (Lipinski definition) is 3. The minimum atomic E-state index is -0.0707. The number of hydrogen-bond donors (Lipinski definition) is 1. The maximum absolute atomic E-state index is 12.6. The van der Waals surface area contributed by atoms with Gasteiger partial charge in [-0.25, -0.2) is 0 Å². The SMILES string of the molecule is CCC(=O)Nc1cccc(C2SCC(=O)N2c2ccccc2CC)c1. The molecule has 0 saturated carbocycles. The molecule has 1 saturated heterocycles. The summed E-state index contributed by atoms with van der Waals surface area (Å²) in [5, 5.41) is 2.82. The molecule has 1 fully saturated rings. The van der Waals surface area contributed by atoms with Crippen molar-refractivity contribution in [3.05, 3.63) is 59.7 Å². The van der Waals surface area contributed by atoms with Crippen molar-refractivity contribution in [2.75, 3.05) is 16.0 Å². The third-order valence-corrected chi connectivity index (χ3v) is 5.49. The molecule has 2 amide bonds. The fourth-order valence-electron chi connectivity index (χ4n) is 3.00. The lowest BCUT2D eigenvalue weighted by Gasteiger charge is -2.26. The zero-order chi connectivity index (χ0) is 17.8. The first-order valence-corrected chi connectivity index (χ1v) is 9.60. The summed E-state index contributed by atoms with van der Waals surface area (Å²) >= 11 is 1.62. The highest BCUT2D eigenvalue weighted by Gasteiger charge is 2.35. The molecule has 0 radical (unpaired) electrons. The topological polar surface area (TPSA) is 49.4 Å². The van der Waals surface area contributed by atoms with Crippen LogP contribution in [0.25, 0.3) is 0 Å². The Hall–Kier alpha value is -2.27. The van der Waals surface area contributed by atoms with Gasteiger partial charge >= 0.3 is 0 Å². The Kier molecular flexibility index (Phi) is 5.43. The van der Waals surface area contributed by atoms with Gasteiger partial charge in [-0.2, -0.15) is 0 Å². The molecule has 1 N–H and O–H groups in total. The highest BCUT2D eigenvalue weighted by Crippen LogP contribution is 2.43. The third-order valence-electron chi connectivity index (χ3n) is 4.28. The lowest BCUT2D eigenvalue weighted by Crippen LogP contribution is -2.28. The molecule has 0 spiro atoms. The van der Waals surface area contributed by atoms with E-state index in [2.05, 4.69) is 18.3 Å². The van der Waals surface area contributed by atoms with Crippen LogP contribution in [0.15, 0.2) is 48.5 Å². The second kappa shape index (κ2) is 7.74. The quantitative estimate of drug-likeness (QED) is 0.867. The van der Waals surface area contributed by atoms with Crippen molar-refractivity contribution < 1.29 is 9.59 Å². The summed E-state index contributed by atoms with van der Waals surface area (Å²) < 4.78 is 0. The number of nitrogens with one attached hydrogen (secondary N) is 1. The standard InChI is InChI=1S/C20H22N2O2S/c1-3-14-8-5-6-11-17(14)22-19(24)13-25-20(22)15-9-7-10-16(12-15)21-18(23)4-2/h5-12,20H,3-4,13H2,1-2H3,(H,21,23). The molecule has 1 atom stereocenters. The predicted molar refractivity (Wildman–Crippen MR) is 104 cm³/mol. The smallest absolute Gasteiger partial charge is 0.238 e. The van der Waals surface area contributed by atoms with Gasteiger partial charge in [0, 0.05) is 17.8 Å². The largest absolute Gasteiger partial charge is 0.326 e. The first kappa shape index (κ1) is 17.5. The van der Waals surface area contributed by atoms with Crippen LogP contribution in [0.3, 0.4) is 0 Å². The average Bonchev–Trinajstić information content (AvgIpc) is 3.03. The Morgan fingerprint density at radius 1 is 1.20 bits per heavy atom. The highest BCUT2D eigenvalue weighted by atomic mass is 32.2. The van der Waals surface area contributed by atoms with Gasteiger partial charge < -0.3 is 5.32 Å². The number of thioether (sulfide) groups is 1. The molecule has 130 valence electrons. The van der Waals surface area contributed by atoms with E-state index < -0.39 is 0 Å². The van der Waals surface area contributed by atoms with E-state index >= 15 is 0 Å². The molecular weight excluding hydrogens is 332 g/mol. The summed E-state index contributed by atoms with van der Waals surface area (Å²) in [5.74, 6) is 0.577. The van der Waals surface area contributed by atoms with Crippen LogP contribution < -0.4 is 10.2 Å². The highest BCUT2D eigenvalue weighted by molar-refractivity contribution is 8.00. The molecule has 3 rings (SSSR count). The van der Waals surface area contributed by atoms with Gasteiger partial charge in [0.1, 0.15) is 5.37 Å². The van der Waals surface area contributed by atoms with Crippen LogP contribution in [0, 0.1) is 0 Å². The molecule has 1 aliphatic rings. The molecule has 1 heterocycles. The van der Waals surface area contributed by atoms with Crippen LogP contribution >= 0.6 is 11.8 Å². The van der Waals surface area contributed by atoms with Crippen LogP contribution in [0.1, 0.15) is 36.8 Å². The van der Waals surface area contributed by atoms with Crippen LogP contribution in [0.5, 0.6) is 0 Å². The second-order valence-corrected chi connectivity index (χ2v) is 7.01. The number of benzene rings is 2. The number of carbonyl (C=O) groups excluding carboxylic acids is 2. The summed E-state index contributed by atoms with van der Waals surface area (Å²) in [6.07, 6.45) is 1.32. The Balaban J connectivity index is 1.94. The first-order valence-electron chi connectivity index (χ1n) is 8.55. The zero-order valence-corrected chi connectivity index (χ0v) is 15.3. The molecule has 5 heteroatoms. The minimum absolute atomic E-state index is 0.0134. The van der Waals surface area contributed by atoms with E-state index in [1.54, 1.807) is 11.8 Å². The van der Waals surface area contributed by atoms with E-state index in [-0.39, 0.29) is 17.2 Å². The van der Waals surface area contributed by atoms with E-state index in [4.69, 9.17) is 0 Å². The summed E-state index contributed by atoms with van der Waals surface area (Å²) in [4.78, 5) is 26.1. The number of amides is 2. The normalized spacial score (nSPS) is 17.0. The second-order valence-electron chi connectivity index (χ2n) is 5.94. The van der Waals surface area contributed by atoms with E-state index in [0.717, 1.165) is 23.4 Å². The fourth-order valence-corrected chi connectivity index (χ4v) is 4.15. The average molecular weight is 354 g/mol. The molecule has 25 heavy (non-hydrogen) atoms. The number of aryl methyl sites for hydroxylation is 1. The number of carbonyl (C=O) groups is 2. The van der Waals surface area contributed by atoms with Crippen LogP contribution in [-0.2, 0) is 16.0 Å². The van der Waals surface area contributed by atoms with E-state index in [1.807, 2.05) is 54.3 Å². The molecule has 0 aromatic heterocycles. The molecule has 4 nitrogen and oxygen atoms in total. The Morgan fingerprint density at radius 3 is 2.76 bits per heavy atom. The van der Waals surface area contributed by atoms with Gasteiger partial charge in [0.15, 0.2) is 0 Å². The van der Waals surface area contributed by atoms with Crippen molar-refractivity contribution in [2.45, 2.75) is 32.1 Å². The first-order chi connectivity index (χ1) is 12.1. The van der Waals surface area contributed by atoms with Crippen molar-refractivity contribution in [1.29, 1.82) is 0 Å². The van der Waals surface area contributed by atoms with Crippen molar-refractivity contribution in [2.24, 2.45) is 0 Å². The molecule has 2 aromatic rings. The lowest BCUT2D eigenvalue weighted by atomic mass is 10.1. The van der Waals surface area contributed by atoms with Crippen molar-refractivity contribution in [3.8, 4) is 0 Å². The Morgan fingerprint density at radius 2 is 2.00 bits per heavy atom. The Labute approximate surface area is 152 Å². The molecular formula is C20H22N2O2S. The lowest BCUT2D eigenvalue weighted by molar-refractivity contribution is -0.116. The summed E-state index contributed by atoms with van der Waals surface area (Å²) in [6.45, 7) is 3.93. The van der Waals surface area contributed by atoms with Gasteiger partial charge in [-0.3, -0.25) is 14.5 Å². The van der Waals surface area contributed by atoms with E-state index in [1.165, 1.54) is 5.56 Å². The maximum atomic E-state index is 12.6. The van der Waals surface area contributed by atoms with Gasteiger partial charge in [-0.15, -0.1) is 11.8 Å². The van der Waals surface area contributed by atoms with Crippen LogP contribution in [0.2, 0.25) is 0 Å². The number of para-hydroxylation sites is 1. The van der Waals surface area contributed by atoms with Crippen molar-refractivity contribution in [3.63, 3.8) is 0 Å².